The highest BCUT2D eigenvalue weighted by Gasteiger charge is 2.47. The normalized spacial score (nSPS) is 26.2. The van der Waals surface area contributed by atoms with Crippen LogP contribution in [-0.4, -0.2) is 11.8 Å². The zero-order valence-corrected chi connectivity index (χ0v) is 5.42. The van der Waals surface area contributed by atoms with E-state index in [9.17, 15) is 26.3 Å². The van der Waals surface area contributed by atoms with Gasteiger partial charge in [0.15, 0.2) is 11.7 Å². The zero-order chi connectivity index (χ0) is 9.57. The van der Waals surface area contributed by atoms with Crippen molar-refractivity contribution in [1.29, 1.82) is 0 Å². The van der Waals surface area contributed by atoms with Gasteiger partial charge in [0, 0.05) is 12.2 Å². The fourth-order valence-corrected chi connectivity index (χ4v) is 0.649. The third-order valence-electron chi connectivity index (χ3n) is 1.25. The molecule has 0 N–H and O–H groups in total. The van der Waals surface area contributed by atoms with Crippen LogP contribution < -0.4 is 0 Å². The summed E-state index contributed by atoms with van der Waals surface area (Å²) in [6, 6.07) is 0. The molecule has 1 rings (SSSR count). The second-order valence-corrected chi connectivity index (χ2v) is 2.23. The minimum absolute atomic E-state index is 0.734. The predicted molar refractivity (Wildman–Crippen MR) is 28.3 cm³/mol. The van der Waals surface area contributed by atoms with Gasteiger partial charge in [0.05, 0.1) is 0 Å². The first-order chi connectivity index (χ1) is 5.26. The van der Waals surface area contributed by atoms with Crippen molar-refractivity contribution in [1.82, 2.24) is 0 Å². The molecule has 0 spiro atoms. The first-order valence-electron chi connectivity index (χ1n) is 2.79. The minimum Gasteiger partial charge on any atom is -0.205 e. The highest BCUT2D eigenvalue weighted by Crippen LogP contribution is 2.40. The summed E-state index contributed by atoms with van der Waals surface area (Å²) < 4.78 is 72.5. The molecule has 0 saturated carbocycles. The molecule has 0 atom stereocenters. The molecule has 12 heavy (non-hydrogen) atoms. The molecule has 0 bridgehead atoms. The van der Waals surface area contributed by atoms with Crippen LogP contribution in [0.2, 0.25) is 0 Å². The van der Waals surface area contributed by atoms with Crippen molar-refractivity contribution in [2.45, 2.75) is 11.8 Å². The van der Waals surface area contributed by atoms with Crippen molar-refractivity contribution < 1.29 is 26.3 Å². The maximum Gasteiger partial charge on any atom is 0.320 e. The van der Waals surface area contributed by atoms with Crippen LogP contribution in [-0.2, 0) is 0 Å². The Hall–Kier alpha value is -0.940. The zero-order valence-electron chi connectivity index (χ0n) is 5.42. The van der Waals surface area contributed by atoms with Crippen molar-refractivity contribution in [3.63, 3.8) is 0 Å². The van der Waals surface area contributed by atoms with E-state index in [0.717, 1.165) is 0 Å². The Kier molecular flexibility index (Phi) is 1.73. The second-order valence-electron chi connectivity index (χ2n) is 2.23. The van der Waals surface area contributed by atoms with E-state index in [-0.39, 0.29) is 0 Å². The van der Waals surface area contributed by atoms with Crippen LogP contribution in [0, 0.1) is 0 Å². The lowest BCUT2D eigenvalue weighted by Gasteiger charge is -2.19. The van der Waals surface area contributed by atoms with Crippen LogP contribution in [0.1, 0.15) is 0 Å². The molecule has 0 fully saturated rings. The molecule has 0 nitrogen and oxygen atoms in total. The standard InChI is InChI=1S/C6H2F6/c7-3-1-5(9,10)4(8)2-6(3,11)12/h1-2H. The van der Waals surface area contributed by atoms with Crippen LogP contribution in [0.25, 0.3) is 0 Å². The van der Waals surface area contributed by atoms with Crippen molar-refractivity contribution in [2.75, 3.05) is 0 Å². The molecule has 0 unspecified atom stereocenters. The lowest BCUT2D eigenvalue weighted by Crippen LogP contribution is -2.27. The van der Waals surface area contributed by atoms with Crippen LogP contribution in [0.4, 0.5) is 26.3 Å². The van der Waals surface area contributed by atoms with Gasteiger partial charge in [0.25, 0.3) is 0 Å². The molecular formula is C6H2F6. The number of hydrogen-bond acceptors (Lipinski definition) is 0. The summed E-state index contributed by atoms with van der Waals surface area (Å²) in [5.74, 6) is -13.2. The van der Waals surface area contributed by atoms with Gasteiger partial charge >= 0.3 is 11.8 Å². The average molecular weight is 188 g/mol. The van der Waals surface area contributed by atoms with E-state index in [0.29, 0.717) is 0 Å². The van der Waals surface area contributed by atoms with Crippen LogP contribution >= 0.6 is 0 Å². The monoisotopic (exact) mass is 188 g/mol. The molecule has 0 aliphatic heterocycles. The van der Waals surface area contributed by atoms with Crippen molar-refractivity contribution >= 4 is 0 Å². The maximum atomic E-state index is 12.1. The topological polar surface area (TPSA) is 0 Å². The van der Waals surface area contributed by atoms with E-state index >= 15 is 0 Å². The Balaban J connectivity index is 3.13. The average Bonchev–Trinajstić information content (AvgIpc) is 1.82. The first-order valence-corrected chi connectivity index (χ1v) is 2.79. The molecule has 0 amide bonds. The SMILES string of the molecule is FC1=CC(F)(F)C(F)=CC1(F)F. The molecule has 1 aliphatic rings. The van der Waals surface area contributed by atoms with E-state index in [1.807, 2.05) is 0 Å². The number of alkyl halides is 4. The Morgan fingerprint density at radius 1 is 0.750 bits per heavy atom. The molecular weight excluding hydrogens is 186 g/mol. The van der Waals surface area contributed by atoms with Crippen LogP contribution in [0.15, 0.2) is 23.8 Å². The van der Waals surface area contributed by atoms with Crippen LogP contribution in [0.3, 0.4) is 0 Å². The number of rotatable bonds is 0. The number of allylic oxidation sites excluding steroid dienone is 4. The fourth-order valence-electron chi connectivity index (χ4n) is 0.649. The molecule has 0 heterocycles. The van der Waals surface area contributed by atoms with Crippen LogP contribution in [0.5, 0.6) is 0 Å². The third kappa shape index (κ3) is 1.33. The fraction of sp³-hybridized carbons (Fsp3) is 0.333. The summed E-state index contributed by atoms with van der Waals surface area (Å²) in [4.78, 5) is 0. The molecule has 0 saturated heterocycles. The van der Waals surface area contributed by atoms with Gasteiger partial charge in [0.2, 0.25) is 0 Å². The second kappa shape index (κ2) is 2.27. The molecule has 68 valence electrons. The van der Waals surface area contributed by atoms with Gasteiger partial charge in [-0.1, -0.05) is 0 Å². The number of halogens is 6. The van der Waals surface area contributed by atoms with E-state index < -0.39 is 35.7 Å². The summed E-state index contributed by atoms with van der Waals surface area (Å²) in [7, 11) is 0. The maximum absolute atomic E-state index is 12.1. The van der Waals surface area contributed by atoms with E-state index in [2.05, 4.69) is 0 Å². The highest BCUT2D eigenvalue weighted by molar-refractivity contribution is 5.31. The largest absolute Gasteiger partial charge is 0.320 e. The number of hydrogen-bond donors (Lipinski definition) is 0. The van der Waals surface area contributed by atoms with E-state index in [4.69, 9.17) is 0 Å². The van der Waals surface area contributed by atoms with Gasteiger partial charge in [0.1, 0.15) is 0 Å². The Labute approximate surface area is 63.2 Å². The molecule has 1 aliphatic carbocycles. The Bertz CT molecular complexity index is 233. The lowest BCUT2D eigenvalue weighted by molar-refractivity contribution is 0.0184. The predicted octanol–water partition coefficient (Wildman–Crippen LogP) is 2.98. The molecule has 0 radical (unpaired) electrons. The lowest BCUT2D eigenvalue weighted by atomic mass is 10.1. The van der Waals surface area contributed by atoms with E-state index in [1.54, 1.807) is 0 Å². The minimum atomic E-state index is -4.26. The van der Waals surface area contributed by atoms with E-state index in [1.165, 1.54) is 0 Å². The molecule has 0 aromatic carbocycles. The van der Waals surface area contributed by atoms with Gasteiger partial charge in [-0.3, -0.25) is 0 Å². The van der Waals surface area contributed by atoms with Crippen molar-refractivity contribution in [3.8, 4) is 0 Å². The summed E-state index contributed by atoms with van der Waals surface area (Å²) in [5, 5.41) is 0. The molecule has 6 heteroatoms. The third-order valence-corrected chi connectivity index (χ3v) is 1.25. The van der Waals surface area contributed by atoms with Gasteiger partial charge in [-0.05, 0) is 0 Å². The van der Waals surface area contributed by atoms with Gasteiger partial charge in [-0.25, -0.2) is 8.78 Å². The highest BCUT2D eigenvalue weighted by atomic mass is 19.3. The van der Waals surface area contributed by atoms with Gasteiger partial charge in [-0.2, -0.15) is 17.6 Å². The molecule has 0 aromatic rings. The van der Waals surface area contributed by atoms with Gasteiger partial charge < -0.3 is 0 Å². The smallest absolute Gasteiger partial charge is 0.205 e. The first kappa shape index (κ1) is 9.15. The Morgan fingerprint density at radius 3 is 1.25 bits per heavy atom. The summed E-state index contributed by atoms with van der Waals surface area (Å²) in [6.07, 6.45) is -1.47. The summed E-state index contributed by atoms with van der Waals surface area (Å²) in [5.41, 5.74) is 0. The summed E-state index contributed by atoms with van der Waals surface area (Å²) >= 11 is 0. The van der Waals surface area contributed by atoms with Gasteiger partial charge in [-0.15, -0.1) is 0 Å². The quantitative estimate of drug-likeness (QED) is 0.512. The summed E-state index contributed by atoms with van der Waals surface area (Å²) in [6.45, 7) is 0. The van der Waals surface area contributed by atoms with Crippen molar-refractivity contribution in [3.05, 3.63) is 23.8 Å². The molecule has 0 aromatic heterocycles. The Morgan fingerprint density at radius 2 is 1.00 bits per heavy atom. The van der Waals surface area contributed by atoms with Crippen molar-refractivity contribution in [2.24, 2.45) is 0 Å².